The predicted octanol–water partition coefficient (Wildman–Crippen LogP) is 1.42. The summed E-state index contributed by atoms with van der Waals surface area (Å²) in [5.74, 6) is -0.842. The van der Waals surface area contributed by atoms with Crippen LogP contribution in [-0.4, -0.2) is 50.6 Å². The number of aromatic nitrogens is 2. The van der Waals surface area contributed by atoms with Crippen molar-refractivity contribution in [2.45, 2.75) is 50.8 Å². The summed E-state index contributed by atoms with van der Waals surface area (Å²) in [6.45, 7) is 0.200. The maximum atomic E-state index is 12.8. The molecule has 0 bridgehead atoms. The summed E-state index contributed by atoms with van der Waals surface area (Å²) in [7, 11) is 0. The number of carbonyl (C=O) groups is 4. The summed E-state index contributed by atoms with van der Waals surface area (Å²) in [5, 5.41) is 4.98. The Kier molecular flexibility index (Phi) is 5.04. The number of anilines is 1. The summed E-state index contributed by atoms with van der Waals surface area (Å²) in [4.78, 5) is 58.9. The molecule has 10 heteroatoms. The number of imide groups is 1. The van der Waals surface area contributed by atoms with Gasteiger partial charge < -0.3 is 15.0 Å². The van der Waals surface area contributed by atoms with Crippen molar-refractivity contribution < 1.29 is 23.9 Å². The minimum absolute atomic E-state index is 0.150. The van der Waals surface area contributed by atoms with Crippen molar-refractivity contribution in [2.24, 2.45) is 0 Å². The number of nitrogens with zero attached hydrogens (tertiary/aromatic N) is 3. The first-order chi connectivity index (χ1) is 15.5. The van der Waals surface area contributed by atoms with Gasteiger partial charge in [-0.15, -0.1) is 0 Å². The van der Waals surface area contributed by atoms with Gasteiger partial charge in [0.1, 0.15) is 12.1 Å². The second kappa shape index (κ2) is 8.03. The normalized spacial score (nSPS) is 20.4. The molecule has 1 saturated carbocycles. The van der Waals surface area contributed by atoms with Crippen molar-refractivity contribution in [3.8, 4) is 5.88 Å². The van der Waals surface area contributed by atoms with Gasteiger partial charge in [0.2, 0.25) is 17.7 Å². The molecule has 1 aromatic heterocycles. The number of piperidine rings is 1. The molecule has 3 heterocycles. The number of nitrogens with one attached hydrogen (secondary N) is 2. The summed E-state index contributed by atoms with van der Waals surface area (Å²) in [5.41, 5.74) is 1.45. The van der Waals surface area contributed by atoms with E-state index >= 15 is 0 Å². The van der Waals surface area contributed by atoms with Crippen LogP contribution in [0, 0.1) is 0 Å². The van der Waals surface area contributed by atoms with Crippen LogP contribution in [0.5, 0.6) is 5.88 Å². The summed E-state index contributed by atoms with van der Waals surface area (Å²) >= 11 is 0. The molecule has 32 heavy (non-hydrogen) atoms. The maximum absolute atomic E-state index is 12.8. The van der Waals surface area contributed by atoms with Gasteiger partial charge in [-0.1, -0.05) is 0 Å². The van der Waals surface area contributed by atoms with E-state index in [-0.39, 0.29) is 43.1 Å². The van der Waals surface area contributed by atoms with E-state index in [9.17, 15) is 19.2 Å². The zero-order valence-electron chi connectivity index (χ0n) is 17.2. The van der Waals surface area contributed by atoms with Gasteiger partial charge in [-0.3, -0.25) is 29.5 Å². The van der Waals surface area contributed by atoms with E-state index in [1.54, 1.807) is 18.2 Å². The van der Waals surface area contributed by atoms with E-state index in [4.69, 9.17) is 4.74 Å². The fraction of sp³-hybridized carbons (Fsp3) is 0.364. The minimum atomic E-state index is -0.696. The summed E-state index contributed by atoms with van der Waals surface area (Å²) in [6, 6.07) is 4.08. The smallest absolute Gasteiger partial charge is 0.256 e. The van der Waals surface area contributed by atoms with Crippen LogP contribution in [0.25, 0.3) is 0 Å². The molecule has 2 aromatic rings. The predicted molar refractivity (Wildman–Crippen MR) is 111 cm³/mol. The first-order valence-corrected chi connectivity index (χ1v) is 10.6. The van der Waals surface area contributed by atoms with Crippen LogP contribution in [0.3, 0.4) is 0 Å². The van der Waals surface area contributed by atoms with Gasteiger partial charge in [0.25, 0.3) is 11.8 Å². The molecule has 0 radical (unpaired) electrons. The summed E-state index contributed by atoms with van der Waals surface area (Å²) < 4.78 is 5.71. The number of fused-ring (bicyclic) bond motifs is 1. The highest BCUT2D eigenvalue weighted by Gasteiger charge is 2.39. The molecule has 2 N–H and O–H groups in total. The van der Waals surface area contributed by atoms with Crippen molar-refractivity contribution in [3.63, 3.8) is 0 Å². The molecule has 1 aromatic carbocycles. The molecular weight excluding hydrogens is 414 g/mol. The number of carbonyl (C=O) groups excluding carboxylic acids is 4. The molecule has 1 atom stereocenters. The third kappa shape index (κ3) is 3.79. The molecule has 2 aliphatic heterocycles. The number of ether oxygens (including phenoxy) is 1. The van der Waals surface area contributed by atoms with Crippen molar-refractivity contribution in [3.05, 3.63) is 47.3 Å². The van der Waals surface area contributed by atoms with Crippen LogP contribution >= 0.6 is 0 Å². The Balaban J connectivity index is 1.28. The zero-order valence-corrected chi connectivity index (χ0v) is 17.2. The Morgan fingerprint density at radius 1 is 1.16 bits per heavy atom. The van der Waals surface area contributed by atoms with Crippen molar-refractivity contribution >= 4 is 29.4 Å². The lowest BCUT2D eigenvalue weighted by Crippen LogP contribution is -2.52. The zero-order chi connectivity index (χ0) is 22.2. The highest BCUT2D eigenvalue weighted by molar-refractivity contribution is 6.07. The quantitative estimate of drug-likeness (QED) is 0.679. The Labute approximate surface area is 183 Å². The van der Waals surface area contributed by atoms with E-state index < -0.39 is 17.9 Å². The van der Waals surface area contributed by atoms with Crippen molar-refractivity contribution in [1.29, 1.82) is 0 Å². The van der Waals surface area contributed by atoms with Crippen LogP contribution < -0.4 is 15.4 Å². The third-order valence-electron chi connectivity index (χ3n) is 5.98. The standard InChI is InChI=1S/C22H21N5O5/c28-18-7-6-16(21(30)26-18)27-11-13-8-12(4-5-15(13)22(27)31)20(29)25-17-9-23-10-19(24-17)32-14-2-1-3-14/h4-5,8-10,14,16H,1-3,6-7,11H2,(H,24,25,29)(H,26,28,30). The minimum Gasteiger partial charge on any atom is -0.473 e. The molecule has 4 amide bonds. The molecule has 1 saturated heterocycles. The van der Waals surface area contributed by atoms with E-state index in [0.29, 0.717) is 22.6 Å². The molecule has 164 valence electrons. The van der Waals surface area contributed by atoms with Crippen LogP contribution in [0.2, 0.25) is 0 Å². The molecule has 5 rings (SSSR count). The fourth-order valence-electron chi connectivity index (χ4n) is 4.03. The Bertz CT molecular complexity index is 1130. The van der Waals surface area contributed by atoms with E-state index in [2.05, 4.69) is 20.6 Å². The Hall–Kier alpha value is -3.82. The van der Waals surface area contributed by atoms with E-state index in [1.165, 1.54) is 17.3 Å². The second-order valence-corrected chi connectivity index (χ2v) is 8.14. The lowest BCUT2D eigenvalue weighted by atomic mass is 9.96. The molecule has 3 aliphatic rings. The average Bonchev–Trinajstić information content (AvgIpc) is 3.07. The van der Waals surface area contributed by atoms with Gasteiger partial charge in [-0.05, 0) is 49.4 Å². The average molecular weight is 435 g/mol. The SMILES string of the molecule is O=C1CCC(N2Cc3cc(C(=O)Nc4cncc(OC5CCC5)n4)ccc3C2=O)C(=O)N1. The number of hydrogen-bond donors (Lipinski definition) is 2. The number of hydrogen-bond acceptors (Lipinski definition) is 7. The lowest BCUT2D eigenvalue weighted by molar-refractivity contribution is -0.136. The van der Waals surface area contributed by atoms with Gasteiger partial charge in [0, 0.05) is 24.1 Å². The van der Waals surface area contributed by atoms with E-state index in [1.807, 2.05) is 0 Å². The largest absolute Gasteiger partial charge is 0.473 e. The van der Waals surface area contributed by atoms with Gasteiger partial charge >= 0.3 is 0 Å². The van der Waals surface area contributed by atoms with Gasteiger partial charge in [0.15, 0.2) is 5.82 Å². The second-order valence-electron chi connectivity index (χ2n) is 8.14. The molecule has 0 spiro atoms. The molecule has 10 nitrogen and oxygen atoms in total. The molecular formula is C22H21N5O5. The summed E-state index contributed by atoms with van der Waals surface area (Å²) in [6.07, 6.45) is 6.69. The maximum Gasteiger partial charge on any atom is 0.256 e. The number of rotatable bonds is 5. The van der Waals surface area contributed by atoms with Crippen molar-refractivity contribution in [2.75, 3.05) is 5.32 Å². The molecule has 2 fully saturated rings. The van der Waals surface area contributed by atoms with Crippen LogP contribution in [0.15, 0.2) is 30.6 Å². The lowest BCUT2D eigenvalue weighted by Gasteiger charge is -2.29. The third-order valence-corrected chi connectivity index (χ3v) is 5.98. The fourth-order valence-corrected chi connectivity index (χ4v) is 4.03. The first-order valence-electron chi connectivity index (χ1n) is 10.6. The van der Waals surface area contributed by atoms with Gasteiger partial charge in [-0.25, -0.2) is 0 Å². The van der Waals surface area contributed by atoms with Gasteiger partial charge in [-0.2, -0.15) is 4.98 Å². The Morgan fingerprint density at radius 3 is 2.75 bits per heavy atom. The highest BCUT2D eigenvalue weighted by atomic mass is 16.5. The molecule has 1 aliphatic carbocycles. The van der Waals surface area contributed by atoms with Crippen LogP contribution in [-0.2, 0) is 16.1 Å². The highest BCUT2D eigenvalue weighted by Crippen LogP contribution is 2.28. The number of amides is 4. The Morgan fingerprint density at radius 2 is 2.00 bits per heavy atom. The number of benzene rings is 1. The van der Waals surface area contributed by atoms with E-state index in [0.717, 1.165) is 19.3 Å². The van der Waals surface area contributed by atoms with Crippen LogP contribution in [0.4, 0.5) is 5.82 Å². The first kappa shape index (κ1) is 20.1. The van der Waals surface area contributed by atoms with Crippen molar-refractivity contribution in [1.82, 2.24) is 20.2 Å². The van der Waals surface area contributed by atoms with Crippen LogP contribution in [0.1, 0.15) is 58.4 Å². The monoisotopic (exact) mass is 435 g/mol. The topological polar surface area (TPSA) is 131 Å². The molecule has 1 unspecified atom stereocenters. The van der Waals surface area contributed by atoms with Gasteiger partial charge in [0.05, 0.1) is 12.4 Å².